The zero-order valence-corrected chi connectivity index (χ0v) is 11.7. The highest BCUT2D eigenvalue weighted by molar-refractivity contribution is 5.89. The molecule has 1 saturated heterocycles. The fourth-order valence-corrected chi connectivity index (χ4v) is 2.35. The van der Waals surface area contributed by atoms with Crippen LogP contribution >= 0.6 is 0 Å². The molecule has 3 N–H and O–H groups in total. The standard InChI is InChI=1S/C14H18F3N3O/c1-9(18)10-6-7-20(8-10)13(21)19-12-4-2-11(3-5-12)14(15,16)17/h2-5,9-10H,6-8,18H2,1H3,(H,19,21). The Morgan fingerprint density at radius 3 is 2.48 bits per heavy atom. The molecule has 7 heteroatoms. The average molecular weight is 301 g/mol. The summed E-state index contributed by atoms with van der Waals surface area (Å²) in [7, 11) is 0. The molecule has 1 heterocycles. The minimum Gasteiger partial charge on any atom is -0.328 e. The molecule has 4 nitrogen and oxygen atoms in total. The number of halogens is 3. The molecule has 2 rings (SSSR count). The van der Waals surface area contributed by atoms with Crippen LogP contribution < -0.4 is 11.1 Å². The summed E-state index contributed by atoms with van der Waals surface area (Å²) in [5, 5.41) is 2.60. The Labute approximate surface area is 121 Å². The molecular formula is C14H18F3N3O. The molecule has 0 bridgehead atoms. The predicted octanol–water partition coefficient (Wildman–Crippen LogP) is 2.91. The molecule has 2 atom stereocenters. The molecule has 1 aromatic rings. The highest BCUT2D eigenvalue weighted by Gasteiger charge is 2.30. The van der Waals surface area contributed by atoms with Crippen molar-refractivity contribution in [2.75, 3.05) is 18.4 Å². The largest absolute Gasteiger partial charge is 0.416 e. The third kappa shape index (κ3) is 3.87. The van der Waals surface area contributed by atoms with Gasteiger partial charge in [0.05, 0.1) is 5.56 Å². The van der Waals surface area contributed by atoms with Gasteiger partial charge in [-0.3, -0.25) is 0 Å². The maximum atomic E-state index is 12.4. The topological polar surface area (TPSA) is 58.4 Å². The van der Waals surface area contributed by atoms with Gasteiger partial charge in [0.1, 0.15) is 0 Å². The molecule has 2 unspecified atom stereocenters. The Kier molecular flexibility index (Phi) is 4.41. The highest BCUT2D eigenvalue weighted by atomic mass is 19.4. The predicted molar refractivity (Wildman–Crippen MR) is 73.8 cm³/mol. The summed E-state index contributed by atoms with van der Waals surface area (Å²) in [5.41, 5.74) is 5.41. The second-order valence-corrected chi connectivity index (χ2v) is 5.36. The number of nitrogens with one attached hydrogen (secondary N) is 1. The lowest BCUT2D eigenvalue weighted by Crippen LogP contribution is -2.35. The number of hydrogen-bond donors (Lipinski definition) is 2. The van der Waals surface area contributed by atoms with Crippen molar-refractivity contribution in [1.82, 2.24) is 4.90 Å². The highest BCUT2D eigenvalue weighted by Crippen LogP contribution is 2.30. The number of carbonyl (C=O) groups is 1. The van der Waals surface area contributed by atoms with Crippen molar-refractivity contribution < 1.29 is 18.0 Å². The lowest BCUT2D eigenvalue weighted by Gasteiger charge is -2.19. The number of nitrogens with two attached hydrogens (primary N) is 1. The van der Waals surface area contributed by atoms with Crippen molar-refractivity contribution in [3.8, 4) is 0 Å². The van der Waals surface area contributed by atoms with E-state index in [4.69, 9.17) is 5.73 Å². The lowest BCUT2D eigenvalue weighted by molar-refractivity contribution is -0.137. The number of amides is 2. The van der Waals surface area contributed by atoms with Crippen molar-refractivity contribution in [3.05, 3.63) is 29.8 Å². The van der Waals surface area contributed by atoms with Crippen LogP contribution in [0.2, 0.25) is 0 Å². The van der Waals surface area contributed by atoms with Crippen LogP contribution in [0.5, 0.6) is 0 Å². The van der Waals surface area contributed by atoms with Gasteiger partial charge in [-0.2, -0.15) is 13.2 Å². The van der Waals surface area contributed by atoms with Crippen molar-refractivity contribution in [3.63, 3.8) is 0 Å². The third-order valence-electron chi connectivity index (χ3n) is 3.72. The van der Waals surface area contributed by atoms with E-state index in [2.05, 4.69) is 5.32 Å². The second-order valence-electron chi connectivity index (χ2n) is 5.36. The molecular weight excluding hydrogens is 283 g/mol. The monoisotopic (exact) mass is 301 g/mol. The summed E-state index contributed by atoms with van der Waals surface area (Å²) < 4.78 is 37.3. The van der Waals surface area contributed by atoms with Crippen LogP contribution in [0.1, 0.15) is 18.9 Å². The number of urea groups is 1. The second kappa shape index (κ2) is 5.93. The van der Waals surface area contributed by atoms with Crippen molar-refractivity contribution >= 4 is 11.7 Å². The van der Waals surface area contributed by atoms with E-state index in [-0.39, 0.29) is 18.0 Å². The minimum absolute atomic E-state index is 0.0221. The van der Waals surface area contributed by atoms with Gasteiger partial charge >= 0.3 is 12.2 Å². The van der Waals surface area contributed by atoms with E-state index in [1.807, 2.05) is 6.92 Å². The van der Waals surface area contributed by atoms with Gasteiger partial charge in [0, 0.05) is 24.8 Å². The van der Waals surface area contributed by atoms with Crippen LogP contribution in [0.15, 0.2) is 24.3 Å². The van der Waals surface area contributed by atoms with Gasteiger partial charge in [-0.1, -0.05) is 0 Å². The summed E-state index contributed by atoms with van der Waals surface area (Å²) in [6.07, 6.45) is -3.53. The first kappa shape index (κ1) is 15.6. The summed E-state index contributed by atoms with van der Waals surface area (Å²) in [6.45, 7) is 3.09. The smallest absolute Gasteiger partial charge is 0.328 e. The van der Waals surface area contributed by atoms with Crippen molar-refractivity contribution in [2.24, 2.45) is 11.7 Å². The maximum Gasteiger partial charge on any atom is 0.416 e. The Balaban J connectivity index is 1.94. The van der Waals surface area contributed by atoms with Crippen LogP contribution in [0.4, 0.5) is 23.7 Å². The molecule has 2 amide bonds. The van der Waals surface area contributed by atoms with Gasteiger partial charge in [0.15, 0.2) is 0 Å². The minimum atomic E-state index is -4.37. The van der Waals surface area contributed by atoms with Crippen molar-refractivity contribution in [1.29, 1.82) is 0 Å². The van der Waals surface area contributed by atoms with Crippen LogP contribution in [-0.4, -0.2) is 30.1 Å². The number of likely N-dealkylation sites (tertiary alicyclic amines) is 1. The zero-order chi connectivity index (χ0) is 15.6. The Morgan fingerprint density at radius 2 is 2.00 bits per heavy atom. The van der Waals surface area contributed by atoms with E-state index >= 15 is 0 Å². The summed E-state index contributed by atoms with van der Waals surface area (Å²) >= 11 is 0. The first-order valence-corrected chi connectivity index (χ1v) is 6.76. The van der Waals surface area contributed by atoms with Gasteiger partial charge in [0.2, 0.25) is 0 Å². The summed E-state index contributed by atoms with van der Waals surface area (Å²) in [5.74, 6) is 0.267. The maximum absolute atomic E-state index is 12.4. The zero-order valence-electron chi connectivity index (χ0n) is 11.7. The number of carbonyl (C=O) groups excluding carboxylic acids is 1. The van der Waals surface area contributed by atoms with Crippen LogP contribution in [0, 0.1) is 5.92 Å². The number of benzene rings is 1. The molecule has 116 valence electrons. The van der Waals surface area contributed by atoms with Crippen LogP contribution in [-0.2, 0) is 6.18 Å². The van der Waals surface area contributed by atoms with Gasteiger partial charge < -0.3 is 16.0 Å². The number of hydrogen-bond acceptors (Lipinski definition) is 2. The Morgan fingerprint density at radius 1 is 1.38 bits per heavy atom. The fourth-order valence-electron chi connectivity index (χ4n) is 2.35. The van der Waals surface area contributed by atoms with E-state index in [0.717, 1.165) is 18.6 Å². The quantitative estimate of drug-likeness (QED) is 0.882. The number of nitrogens with zero attached hydrogens (tertiary/aromatic N) is 1. The van der Waals surface area contributed by atoms with Gasteiger partial charge in [-0.05, 0) is 43.5 Å². The van der Waals surface area contributed by atoms with Crippen molar-refractivity contribution in [2.45, 2.75) is 25.6 Å². The van der Waals surface area contributed by atoms with E-state index in [0.29, 0.717) is 18.8 Å². The first-order chi connectivity index (χ1) is 9.77. The van der Waals surface area contributed by atoms with E-state index < -0.39 is 11.7 Å². The molecule has 0 aliphatic carbocycles. The summed E-state index contributed by atoms with van der Waals surface area (Å²) in [6, 6.07) is 4.11. The van der Waals surface area contributed by atoms with Crippen LogP contribution in [0.25, 0.3) is 0 Å². The van der Waals surface area contributed by atoms with E-state index in [1.165, 1.54) is 12.1 Å². The molecule has 0 aromatic heterocycles. The molecule has 0 saturated carbocycles. The number of anilines is 1. The molecule has 1 aliphatic rings. The normalized spacial score (nSPS) is 20.4. The van der Waals surface area contributed by atoms with E-state index in [9.17, 15) is 18.0 Å². The lowest BCUT2D eigenvalue weighted by atomic mass is 10.0. The first-order valence-electron chi connectivity index (χ1n) is 6.76. The SMILES string of the molecule is CC(N)C1CCN(C(=O)Nc2ccc(C(F)(F)F)cc2)C1. The van der Waals surface area contributed by atoms with Gasteiger partial charge in [-0.15, -0.1) is 0 Å². The number of alkyl halides is 3. The Bertz CT molecular complexity index is 499. The van der Waals surface area contributed by atoms with E-state index in [1.54, 1.807) is 4.90 Å². The summed E-state index contributed by atoms with van der Waals surface area (Å²) in [4.78, 5) is 13.6. The average Bonchev–Trinajstić information content (AvgIpc) is 2.88. The molecule has 0 spiro atoms. The molecule has 1 fully saturated rings. The molecule has 0 radical (unpaired) electrons. The number of rotatable bonds is 2. The molecule has 21 heavy (non-hydrogen) atoms. The fraction of sp³-hybridized carbons (Fsp3) is 0.500. The molecule has 1 aromatic carbocycles. The van der Waals surface area contributed by atoms with Crippen LogP contribution in [0.3, 0.4) is 0 Å². The van der Waals surface area contributed by atoms with Gasteiger partial charge in [-0.25, -0.2) is 4.79 Å². The Hall–Kier alpha value is -1.76. The molecule has 1 aliphatic heterocycles. The van der Waals surface area contributed by atoms with Gasteiger partial charge in [0.25, 0.3) is 0 Å². The third-order valence-corrected chi connectivity index (χ3v) is 3.72.